The summed E-state index contributed by atoms with van der Waals surface area (Å²) in [5.74, 6) is 1.34. The van der Waals surface area contributed by atoms with E-state index in [4.69, 9.17) is 26.8 Å². The molecule has 1 fully saturated rings. The predicted octanol–water partition coefficient (Wildman–Crippen LogP) is 0.214. The molecule has 1 heterocycles. The largest absolute Gasteiger partial charge is 1.00 e. The quantitative estimate of drug-likeness (QED) is 0.282. The normalized spacial score (nSPS) is 25.8. The van der Waals surface area contributed by atoms with Gasteiger partial charge in [0.15, 0.2) is 0 Å². The summed E-state index contributed by atoms with van der Waals surface area (Å²) in [6.07, 6.45) is 1.27. The summed E-state index contributed by atoms with van der Waals surface area (Å²) >= 11 is 6.01. The number of hydrogen-bond donors (Lipinski definition) is 1. The Kier molecular flexibility index (Phi) is 8.28. The monoisotopic (exact) mass is 482 g/mol. The Morgan fingerprint density at radius 3 is 2.48 bits per heavy atom. The Morgan fingerprint density at radius 1 is 1.32 bits per heavy atom. The minimum atomic E-state index is -0.432. The Labute approximate surface area is 172 Å². The zero-order chi connectivity index (χ0) is 17.9. The molecule has 0 radical (unpaired) electrons. The number of halogens is 2. The molecule has 1 saturated heterocycles. The molecule has 7 heteroatoms. The van der Waals surface area contributed by atoms with Crippen molar-refractivity contribution < 1.29 is 42.7 Å². The fourth-order valence-electron chi connectivity index (χ4n) is 3.93. The van der Waals surface area contributed by atoms with Crippen LogP contribution in [0.15, 0.2) is 12.1 Å². The lowest BCUT2D eigenvalue weighted by molar-refractivity contribution is -0.920. The van der Waals surface area contributed by atoms with E-state index in [1.165, 1.54) is 19.6 Å². The van der Waals surface area contributed by atoms with E-state index in [-0.39, 0.29) is 24.0 Å². The Bertz CT molecular complexity index is 602. The summed E-state index contributed by atoms with van der Waals surface area (Å²) < 4.78 is 11.6. The maximum absolute atomic E-state index is 12.4. The summed E-state index contributed by atoms with van der Waals surface area (Å²) in [6, 6.07) is 3.04. The number of nitrogens with zero attached hydrogens (tertiary/aromatic N) is 1. The number of likely N-dealkylation sites (N-methyl/N-ethyl adjacent to an activating group) is 1. The van der Waals surface area contributed by atoms with E-state index in [0.29, 0.717) is 40.5 Å². The van der Waals surface area contributed by atoms with Crippen LogP contribution in [0.25, 0.3) is 0 Å². The second kappa shape index (κ2) is 9.28. The highest BCUT2D eigenvalue weighted by molar-refractivity contribution is 6.33. The summed E-state index contributed by atoms with van der Waals surface area (Å²) in [5, 5.41) is 0.320. The van der Waals surface area contributed by atoms with Crippen LogP contribution in [-0.2, 0) is 4.74 Å². The van der Waals surface area contributed by atoms with Gasteiger partial charge in [-0.3, -0.25) is 0 Å². The summed E-state index contributed by atoms with van der Waals surface area (Å²) in [4.78, 5) is 12.4. The first kappa shape index (κ1) is 22.3. The van der Waals surface area contributed by atoms with E-state index in [2.05, 4.69) is 20.9 Å². The van der Waals surface area contributed by atoms with Gasteiger partial charge in [0.1, 0.15) is 24.5 Å². The van der Waals surface area contributed by atoms with Crippen LogP contribution in [-0.4, -0.2) is 50.9 Å². The molecule has 1 aromatic rings. The lowest BCUT2D eigenvalue weighted by Gasteiger charge is -2.43. The number of ether oxygens (including phenoxy) is 2. The Morgan fingerprint density at radius 2 is 1.92 bits per heavy atom. The second-order valence-corrected chi connectivity index (χ2v) is 7.77. The Hall–Kier alpha value is -0.730. The molecule has 2 atom stereocenters. The maximum atomic E-state index is 12.4. The average molecular weight is 483 g/mol. The minimum Gasteiger partial charge on any atom is -1.00 e. The van der Waals surface area contributed by atoms with E-state index in [9.17, 15) is 4.79 Å². The number of hydrogen-bond acceptors (Lipinski definition) is 4. The van der Waals surface area contributed by atoms with Gasteiger partial charge in [-0.05, 0) is 12.5 Å². The number of anilines is 1. The number of esters is 1. The highest BCUT2D eigenvalue weighted by atomic mass is 127. The Balaban J connectivity index is 0.00000312. The molecule has 2 unspecified atom stereocenters. The van der Waals surface area contributed by atoms with Crippen molar-refractivity contribution in [1.82, 2.24) is 0 Å². The molecule has 0 spiro atoms. The van der Waals surface area contributed by atoms with Crippen LogP contribution in [0, 0.1) is 11.8 Å². The smallest absolute Gasteiger partial charge is 0.342 e. The van der Waals surface area contributed by atoms with Gasteiger partial charge in [0.05, 0.1) is 38.0 Å². The second-order valence-electron chi connectivity index (χ2n) is 7.36. The zero-order valence-electron chi connectivity index (χ0n) is 15.4. The van der Waals surface area contributed by atoms with Gasteiger partial charge in [-0.2, -0.15) is 0 Å². The number of methoxy groups -OCH3 is 1. The number of nitrogen functional groups attached to an aromatic ring is 1. The van der Waals surface area contributed by atoms with Crippen LogP contribution >= 0.6 is 11.6 Å². The maximum Gasteiger partial charge on any atom is 0.342 e. The van der Waals surface area contributed by atoms with Crippen LogP contribution in [0.1, 0.15) is 30.6 Å². The lowest BCUT2D eigenvalue weighted by Crippen LogP contribution is -3.00. The molecule has 25 heavy (non-hydrogen) atoms. The van der Waals surface area contributed by atoms with Crippen molar-refractivity contribution in [2.45, 2.75) is 20.3 Å². The van der Waals surface area contributed by atoms with Crippen LogP contribution in [0.5, 0.6) is 5.75 Å². The molecule has 0 aromatic heterocycles. The van der Waals surface area contributed by atoms with Crippen LogP contribution in [0.3, 0.4) is 0 Å². The van der Waals surface area contributed by atoms with Crippen molar-refractivity contribution in [3.63, 3.8) is 0 Å². The highest BCUT2D eigenvalue weighted by Gasteiger charge is 2.33. The van der Waals surface area contributed by atoms with Crippen molar-refractivity contribution in [2.75, 3.05) is 46.1 Å². The molecule has 0 aliphatic carbocycles. The summed E-state index contributed by atoms with van der Waals surface area (Å²) in [5.41, 5.74) is 6.42. The highest BCUT2D eigenvalue weighted by Crippen LogP contribution is 2.29. The van der Waals surface area contributed by atoms with Gasteiger partial charge in [-0.1, -0.05) is 25.4 Å². The van der Waals surface area contributed by atoms with Crippen LogP contribution in [0.4, 0.5) is 5.69 Å². The summed E-state index contributed by atoms with van der Waals surface area (Å²) in [6.45, 7) is 8.02. The third-order valence-electron chi connectivity index (χ3n) is 4.71. The number of carbonyl (C=O) groups excluding carboxylic acids is 1. The van der Waals surface area contributed by atoms with Crippen molar-refractivity contribution in [3.8, 4) is 5.75 Å². The predicted molar refractivity (Wildman–Crippen MR) is 96.4 cm³/mol. The first-order valence-electron chi connectivity index (χ1n) is 8.38. The standard InChI is InChI=1S/C18H27ClN2O3.HI/c1-12-7-13(2)11-21(3,10-12)5-6-24-18(22)14-8-15(19)16(20)9-17(14)23-4;/h8-9,12-13H,5-7,10-11H2,1-4H3,(H-,20,22);1H. The average Bonchev–Trinajstić information content (AvgIpc) is 2.47. The van der Waals surface area contributed by atoms with Gasteiger partial charge in [0.2, 0.25) is 0 Å². The van der Waals surface area contributed by atoms with Gasteiger partial charge in [-0.25, -0.2) is 4.79 Å². The zero-order valence-corrected chi connectivity index (χ0v) is 18.3. The molecule has 0 amide bonds. The van der Waals surface area contributed by atoms with Crippen molar-refractivity contribution in [3.05, 3.63) is 22.7 Å². The third-order valence-corrected chi connectivity index (χ3v) is 5.04. The van der Waals surface area contributed by atoms with E-state index >= 15 is 0 Å². The third kappa shape index (κ3) is 5.89. The molecular weight excluding hydrogens is 455 g/mol. The first-order chi connectivity index (χ1) is 11.2. The van der Waals surface area contributed by atoms with Crippen molar-refractivity contribution in [1.29, 1.82) is 0 Å². The van der Waals surface area contributed by atoms with Crippen LogP contribution < -0.4 is 34.4 Å². The van der Waals surface area contributed by atoms with E-state index < -0.39 is 5.97 Å². The van der Waals surface area contributed by atoms with Gasteiger partial charge < -0.3 is 43.7 Å². The molecule has 0 bridgehead atoms. The SMILES string of the molecule is COc1cc(N)c(Cl)cc1C(=O)OCC[N+]1(C)CC(C)CC(C)C1.[I-]. The van der Waals surface area contributed by atoms with Gasteiger partial charge in [0, 0.05) is 17.9 Å². The summed E-state index contributed by atoms with van der Waals surface area (Å²) in [7, 11) is 3.73. The molecule has 2 rings (SSSR count). The molecule has 0 saturated carbocycles. The molecule has 1 aliphatic rings. The fourth-order valence-corrected chi connectivity index (χ4v) is 4.10. The van der Waals surface area contributed by atoms with E-state index in [1.54, 1.807) is 6.07 Å². The van der Waals surface area contributed by atoms with Gasteiger partial charge >= 0.3 is 5.97 Å². The van der Waals surface area contributed by atoms with E-state index in [0.717, 1.165) is 24.1 Å². The number of rotatable bonds is 5. The number of piperidine rings is 1. The number of benzene rings is 1. The molecular formula is C18H28ClIN2O3. The minimum absolute atomic E-state index is 0. The van der Waals surface area contributed by atoms with Gasteiger partial charge in [0.25, 0.3) is 0 Å². The molecule has 1 aliphatic heterocycles. The first-order valence-corrected chi connectivity index (χ1v) is 8.75. The number of carbonyl (C=O) groups is 1. The number of likely N-dealkylation sites (tertiary alicyclic amines) is 1. The van der Waals surface area contributed by atoms with Gasteiger partial charge in [-0.15, -0.1) is 0 Å². The molecule has 2 N–H and O–H groups in total. The van der Waals surface area contributed by atoms with Crippen molar-refractivity contribution in [2.24, 2.45) is 11.8 Å². The number of nitrogens with two attached hydrogens (primary N) is 1. The van der Waals surface area contributed by atoms with Crippen LogP contribution in [0.2, 0.25) is 5.02 Å². The number of quaternary nitrogens is 1. The molecule has 142 valence electrons. The molecule has 5 nitrogen and oxygen atoms in total. The van der Waals surface area contributed by atoms with Crippen molar-refractivity contribution >= 4 is 23.3 Å². The van der Waals surface area contributed by atoms with E-state index in [1.807, 2.05) is 0 Å². The fraction of sp³-hybridized carbons (Fsp3) is 0.611. The molecule has 1 aromatic carbocycles. The lowest BCUT2D eigenvalue weighted by atomic mass is 9.90. The topological polar surface area (TPSA) is 61.5 Å².